The molecule has 154 valence electrons. The number of rotatable bonds is 8. The molecule has 0 spiro atoms. The Hall–Kier alpha value is -2.97. The summed E-state index contributed by atoms with van der Waals surface area (Å²) in [6, 6.07) is 13.0. The molecule has 0 atom stereocenters. The summed E-state index contributed by atoms with van der Waals surface area (Å²) in [6.45, 7) is 3.95. The van der Waals surface area contributed by atoms with Gasteiger partial charge in [0.1, 0.15) is 0 Å². The summed E-state index contributed by atoms with van der Waals surface area (Å²) in [5, 5.41) is 5.53. The van der Waals surface area contributed by atoms with Gasteiger partial charge in [-0.1, -0.05) is 26.0 Å². The van der Waals surface area contributed by atoms with E-state index in [0.29, 0.717) is 23.4 Å². The first kappa shape index (κ1) is 22.3. The lowest BCUT2D eigenvalue weighted by atomic mass is 10.1. The van der Waals surface area contributed by atoms with Crippen LogP contribution < -0.4 is 15.4 Å². The number of sulfonamides is 1. The lowest BCUT2D eigenvalue weighted by Crippen LogP contribution is -2.18. The predicted molar refractivity (Wildman–Crippen MR) is 115 cm³/mol. The number of carbonyl (C=O) groups is 2. The second kappa shape index (κ2) is 9.99. The number of anilines is 2. The third-order valence-electron chi connectivity index (χ3n) is 3.92. The van der Waals surface area contributed by atoms with Gasteiger partial charge in [-0.15, -0.1) is 0 Å². The summed E-state index contributed by atoms with van der Waals surface area (Å²) in [4.78, 5) is 24.0. The molecule has 0 aliphatic heterocycles. The molecular weight excluding hydrogens is 390 g/mol. The highest BCUT2D eigenvalue weighted by Crippen LogP contribution is 2.15. The molecule has 8 heteroatoms. The van der Waals surface area contributed by atoms with Crippen LogP contribution in [0.4, 0.5) is 11.4 Å². The van der Waals surface area contributed by atoms with E-state index in [0.717, 1.165) is 0 Å². The van der Waals surface area contributed by atoms with Crippen LogP contribution in [0.25, 0.3) is 6.08 Å². The van der Waals surface area contributed by atoms with Crippen LogP contribution >= 0.6 is 0 Å². The summed E-state index contributed by atoms with van der Waals surface area (Å²) in [5.74, 6) is -0.0916. The average molecular weight is 416 g/mol. The molecule has 0 bridgehead atoms. The summed E-state index contributed by atoms with van der Waals surface area (Å²) in [7, 11) is -2.14. The zero-order chi connectivity index (χ0) is 21.4. The Kier molecular flexibility index (Phi) is 7.69. The van der Waals surface area contributed by atoms with Crippen molar-refractivity contribution in [2.24, 2.45) is 5.92 Å². The molecule has 0 radical (unpaired) electrons. The molecule has 0 aliphatic carbocycles. The van der Waals surface area contributed by atoms with Gasteiger partial charge in [-0.25, -0.2) is 13.1 Å². The van der Waals surface area contributed by atoms with Crippen molar-refractivity contribution >= 4 is 39.3 Å². The van der Waals surface area contributed by atoms with E-state index < -0.39 is 10.0 Å². The fraction of sp³-hybridized carbons (Fsp3) is 0.238. The van der Waals surface area contributed by atoms with Crippen LogP contribution in [0.2, 0.25) is 0 Å². The molecular formula is C21H25N3O4S. The van der Waals surface area contributed by atoms with E-state index in [2.05, 4.69) is 15.4 Å². The normalized spacial score (nSPS) is 11.6. The maximum Gasteiger partial charge on any atom is 0.248 e. The Labute approximate surface area is 171 Å². The van der Waals surface area contributed by atoms with E-state index in [4.69, 9.17) is 0 Å². The zero-order valence-electron chi connectivity index (χ0n) is 16.6. The van der Waals surface area contributed by atoms with Crippen molar-refractivity contribution in [2.75, 3.05) is 17.7 Å². The molecule has 0 saturated heterocycles. The Bertz CT molecular complexity index is 980. The van der Waals surface area contributed by atoms with Gasteiger partial charge in [-0.3, -0.25) is 9.59 Å². The van der Waals surface area contributed by atoms with Gasteiger partial charge in [0.2, 0.25) is 21.8 Å². The third kappa shape index (κ3) is 7.17. The van der Waals surface area contributed by atoms with E-state index in [1.54, 1.807) is 42.5 Å². The lowest BCUT2D eigenvalue weighted by molar-refractivity contribution is -0.117. The second-order valence-electron chi connectivity index (χ2n) is 6.82. The van der Waals surface area contributed by atoms with Crippen LogP contribution in [0.3, 0.4) is 0 Å². The highest BCUT2D eigenvalue weighted by molar-refractivity contribution is 7.89. The van der Waals surface area contributed by atoms with Crippen molar-refractivity contribution in [2.45, 2.75) is 25.2 Å². The van der Waals surface area contributed by atoms with Gasteiger partial charge in [0.25, 0.3) is 0 Å². The molecule has 29 heavy (non-hydrogen) atoms. The van der Waals surface area contributed by atoms with Crippen LogP contribution in [0.5, 0.6) is 0 Å². The van der Waals surface area contributed by atoms with Crippen molar-refractivity contribution in [3.8, 4) is 0 Å². The van der Waals surface area contributed by atoms with Crippen LogP contribution in [-0.4, -0.2) is 27.3 Å². The molecule has 2 aromatic rings. The Morgan fingerprint density at radius 3 is 2.00 bits per heavy atom. The first-order chi connectivity index (χ1) is 13.7. The topological polar surface area (TPSA) is 104 Å². The molecule has 2 rings (SSSR count). The minimum atomic E-state index is -3.48. The molecule has 0 fully saturated rings. The standard InChI is InChI=1S/C21H25N3O4S/c1-15(2)14-21(26)24-18-9-7-17(8-10-18)23-20(25)13-6-16-4-11-19(12-5-16)29(27,28)22-3/h4-13,15,22H,14H2,1-3H3,(H,23,25)(H,24,26)/b13-6+. The largest absolute Gasteiger partial charge is 0.326 e. The number of hydrogen-bond donors (Lipinski definition) is 3. The predicted octanol–water partition coefficient (Wildman–Crippen LogP) is 3.23. The number of hydrogen-bond acceptors (Lipinski definition) is 4. The molecule has 0 aliphatic rings. The van der Waals surface area contributed by atoms with Crippen LogP contribution in [0.15, 0.2) is 59.5 Å². The van der Waals surface area contributed by atoms with Gasteiger partial charge in [-0.05, 0) is 61.0 Å². The van der Waals surface area contributed by atoms with Crippen molar-refractivity contribution in [1.82, 2.24) is 4.72 Å². The monoisotopic (exact) mass is 415 g/mol. The summed E-state index contributed by atoms with van der Waals surface area (Å²) in [6.07, 6.45) is 3.40. The van der Waals surface area contributed by atoms with Crippen LogP contribution in [-0.2, 0) is 19.6 Å². The van der Waals surface area contributed by atoms with Gasteiger partial charge in [0.15, 0.2) is 0 Å². The van der Waals surface area contributed by atoms with Gasteiger partial charge in [-0.2, -0.15) is 0 Å². The third-order valence-corrected chi connectivity index (χ3v) is 5.35. The van der Waals surface area contributed by atoms with E-state index >= 15 is 0 Å². The first-order valence-electron chi connectivity index (χ1n) is 9.12. The van der Waals surface area contributed by atoms with Gasteiger partial charge in [0, 0.05) is 23.9 Å². The maximum atomic E-state index is 12.1. The molecule has 0 saturated carbocycles. The summed E-state index contributed by atoms with van der Waals surface area (Å²) >= 11 is 0. The van der Waals surface area contributed by atoms with Gasteiger partial charge >= 0.3 is 0 Å². The van der Waals surface area contributed by atoms with E-state index in [9.17, 15) is 18.0 Å². The Balaban J connectivity index is 1.92. The maximum absolute atomic E-state index is 12.1. The SMILES string of the molecule is CNS(=O)(=O)c1ccc(/C=C/C(=O)Nc2ccc(NC(=O)CC(C)C)cc2)cc1. The molecule has 0 heterocycles. The van der Waals surface area contributed by atoms with Crippen molar-refractivity contribution < 1.29 is 18.0 Å². The zero-order valence-corrected chi connectivity index (χ0v) is 17.4. The number of benzene rings is 2. The van der Waals surface area contributed by atoms with Gasteiger partial charge < -0.3 is 10.6 Å². The quantitative estimate of drug-likeness (QED) is 0.576. The van der Waals surface area contributed by atoms with Crippen molar-refractivity contribution in [3.63, 3.8) is 0 Å². The first-order valence-corrected chi connectivity index (χ1v) is 10.6. The van der Waals surface area contributed by atoms with Crippen molar-refractivity contribution in [1.29, 1.82) is 0 Å². The average Bonchev–Trinajstić information content (AvgIpc) is 2.67. The van der Waals surface area contributed by atoms with E-state index in [-0.39, 0.29) is 22.6 Å². The number of nitrogens with one attached hydrogen (secondary N) is 3. The molecule has 0 unspecified atom stereocenters. The molecule has 3 N–H and O–H groups in total. The van der Waals surface area contributed by atoms with Crippen LogP contribution in [0.1, 0.15) is 25.8 Å². The molecule has 7 nitrogen and oxygen atoms in total. The smallest absolute Gasteiger partial charge is 0.248 e. The minimum absolute atomic E-state index is 0.0479. The lowest BCUT2D eigenvalue weighted by Gasteiger charge is -2.08. The highest BCUT2D eigenvalue weighted by atomic mass is 32.2. The summed E-state index contributed by atoms with van der Waals surface area (Å²) < 4.78 is 25.6. The second-order valence-corrected chi connectivity index (χ2v) is 8.71. The van der Waals surface area contributed by atoms with Gasteiger partial charge in [0.05, 0.1) is 4.90 Å². The highest BCUT2D eigenvalue weighted by Gasteiger charge is 2.10. The van der Waals surface area contributed by atoms with Crippen molar-refractivity contribution in [3.05, 3.63) is 60.2 Å². The van der Waals surface area contributed by atoms with E-state index in [1.165, 1.54) is 25.3 Å². The number of carbonyl (C=O) groups excluding carboxylic acids is 2. The minimum Gasteiger partial charge on any atom is -0.326 e. The molecule has 2 aromatic carbocycles. The van der Waals surface area contributed by atoms with Crippen LogP contribution in [0, 0.1) is 5.92 Å². The number of amides is 2. The fourth-order valence-electron chi connectivity index (χ4n) is 2.45. The fourth-order valence-corrected chi connectivity index (χ4v) is 3.18. The Morgan fingerprint density at radius 1 is 0.931 bits per heavy atom. The molecule has 2 amide bonds. The Morgan fingerprint density at radius 2 is 1.48 bits per heavy atom. The molecule has 0 aromatic heterocycles. The van der Waals surface area contributed by atoms with E-state index in [1.807, 2.05) is 13.8 Å². The summed E-state index contributed by atoms with van der Waals surface area (Å²) in [5.41, 5.74) is 1.95.